The second-order valence-corrected chi connectivity index (χ2v) is 4.77. The lowest BCUT2D eigenvalue weighted by atomic mass is 10.2. The van der Waals surface area contributed by atoms with Crippen LogP contribution in [0.3, 0.4) is 0 Å². The highest BCUT2D eigenvalue weighted by Gasteiger charge is 2.23. The Bertz CT molecular complexity index is 507. The number of rotatable bonds is 3. The Morgan fingerprint density at radius 2 is 2.25 bits per heavy atom. The van der Waals surface area contributed by atoms with Gasteiger partial charge in [-0.15, -0.1) is 0 Å². The molecule has 0 radical (unpaired) electrons. The van der Waals surface area contributed by atoms with Crippen molar-refractivity contribution < 1.29 is 4.52 Å². The molecular weight excluding hydrogens is 270 g/mol. The Kier molecular flexibility index (Phi) is 2.40. The van der Waals surface area contributed by atoms with Gasteiger partial charge in [0.2, 0.25) is 5.82 Å². The van der Waals surface area contributed by atoms with Gasteiger partial charge in [0.1, 0.15) is 0 Å². The molecule has 82 valence electrons. The minimum Gasteiger partial charge on any atom is -0.335 e. The average molecular weight is 280 g/mol. The number of nitrogens with one attached hydrogen (secondary N) is 1. The third-order valence-corrected chi connectivity index (χ3v) is 2.91. The van der Waals surface area contributed by atoms with Crippen LogP contribution in [0.2, 0.25) is 0 Å². The van der Waals surface area contributed by atoms with Crippen LogP contribution in [0, 0.1) is 0 Å². The first kappa shape index (κ1) is 9.84. The Morgan fingerprint density at radius 1 is 1.38 bits per heavy atom. The highest BCUT2D eigenvalue weighted by atomic mass is 79.9. The van der Waals surface area contributed by atoms with Crippen LogP contribution in [-0.2, 0) is 0 Å². The molecule has 2 aromatic rings. The number of anilines is 1. The Morgan fingerprint density at radius 3 is 3.00 bits per heavy atom. The minimum atomic E-state index is 0.512. The molecule has 1 aromatic heterocycles. The number of hydrogen-bond acceptors (Lipinski definition) is 4. The largest absolute Gasteiger partial charge is 0.335 e. The molecule has 1 fully saturated rings. The lowest BCUT2D eigenvalue weighted by Gasteiger charge is -1.94. The van der Waals surface area contributed by atoms with E-state index in [9.17, 15) is 0 Å². The predicted molar refractivity (Wildman–Crippen MR) is 64.1 cm³/mol. The van der Waals surface area contributed by atoms with E-state index < -0.39 is 0 Å². The van der Waals surface area contributed by atoms with Crippen LogP contribution in [-0.4, -0.2) is 16.2 Å². The van der Waals surface area contributed by atoms with Gasteiger partial charge in [0.15, 0.2) is 0 Å². The zero-order chi connectivity index (χ0) is 11.0. The summed E-state index contributed by atoms with van der Waals surface area (Å²) in [7, 11) is 0. The maximum atomic E-state index is 5.12. The maximum absolute atomic E-state index is 5.12. The molecular formula is C11H10BrN3O. The summed E-state index contributed by atoms with van der Waals surface area (Å²) in [6, 6.07) is 8.87. The third kappa shape index (κ3) is 2.09. The van der Waals surface area contributed by atoms with E-state index in [0.29, 0.717) is 17.9 Å². The van der Waals surface area contributed by atoms with E-state index in [2.05, 4.69) is 31.4 Å². The third-order valence-electron chi connectivity index (χ3n) is 2.41. The van der Waals surface area contributed by atoms with Gasteiger partial charge in [0.25, 0.3) is 0 Å². The summed E-state index contributed by atoms with van der Waals surface area (Å²) in [5.74, 6) is 0.615. The van der Waals surface area contributed by atoms with Gasteiger partial charge in [0, 0.05) is 16.1 Å². The van der Waals surface area contributed by atoms with Crippen LogP contribution in [0.4, 0.5) is 6.01 Å². The van der Waals surface area contributed by atoms with Gasteiger partial charge in [-0.25, -0.2) is 0 Å². The molecule has 0 unspecified atom stereocenters. The summed E-state index contributed by atoms with van der Waals surface area (Å²) in [4.78, 5) is 4.29. The number of hydrogen-bond donors (Lipinski definition) is 1. The van der Waals surface area contributed by atoms with Crippen molar-refractivity contribution in [2.75, 3.05) is 5.32 Å². The summed E-state index contributed by atoms with van der Waals surface area (Å²) in [6.45, 7) is 0. The molecule has 1 aliphatic rings. The van der Waals surface area contributed by atoms with Crippen LogP contribution >= 0.6 is 15.9 Å². The quantitative estimate of drug-likeness (QED) is 0.938. The van der Waals surface area contributed by atoms with E-state index in [1.54, 1.807) is 0 Å². The van der Waals surface area contributed by atoms with Crippen LogP contribution < -0.4 is 5.32 Å². The molecule has 1 aliphatic carbocycles. The van der Waals surface area contributed by atoms with E-state index in [-0.39, 0.29) is 0 Å². The molecule has 0 bridgehead atoms. The van der Waals surface area contributed by atoms with Crippen molar-refractivity contribution in [1.29, 1.82) is 0 Å². The van der Waals surface area contributed by atoms with E-state index in [4.69, 9.17) is 4.52 Å². The first-order chi connectivity index (χ1) is 7.81. The van der Waals surface area contributed by atoms with Crippen molar-refractivity contribution in [2.45, 2.75) is 18.9 Å². The van der Waals surface area contributed by atoms with E-state index in [0.717, 1.165) is 10.0 Å². The van der Waals surface area contributed by atoms with Gasteiger partial charge in [0.05, 0.1) is 0 Å². The number of nitrogens with zero attached hydrogens (tertiary/aromatic N) is 2. The SMILES string of the molecule is Brc1cccc(-c2noc(NC3CC3)n2)c1. The van der Waals surface area contributed by atoms with Crippen LogP contribution in [0.15, 0.2) is 33.3 Å². The smallest absolute Gasteiger partial charge is 0.322 e. The molecule has 1 aromatic carbocycles. The second-order valence-electron chi connectivity index (χ2n) is 3.85. The van der Waals surface area contributed by atoms with Crippen molar-refractivity contribution >= 4 is 21.9 Å². The highest BCUT2D eigenvalue weighted by Crippen LogP contribution is 2.26. The van der Waals surface area contributed by atoms with Gasteiger partial charge in [-0.05, 0) is 25.0 Å². The zero-order valence-electron chi connectivity index (χ0n) is 8.48. The summed E-state index contributed by atoms with van der Waals surface area (Å²) < 4.78 is 6.13. The van der Waals surface area contributed by atoms with Crippen molar-refractivity contribution in [2.24, 2.45) is 0 Å². The zero-order valence-corrected chi connectivity index (χ0v) is 10.1. The molecule has 4 nitrogen and oxygen atoms in total. The number of benzene rings is 1. The molecule has 3 rings (SSSR count). The Labute approximate surface area is 101 Å². The lowest BCUT2D eigenvalue weighted by Crippen LogP contribution is -2.00. The number of halogens is 1. The standard InChI is InChI=1S/C11H10BrN3O/c12-8-3-1-2-7(6-8)10-14-11(16-15-10)13-9-4-5-9/h1-3,6,9H,4-5H2,(H,13,14,15). The molecule has 16 heavy (non-hydrogen) atoms. The fourth-order valence-electron chi connectivity index (χ4n) is 1.43. The van der Waals surface area contributed by atoms with E-state index in [1.807, 2.05) is 24.3 Å². The summed E-state index contributed by atoms with van der Waals surface area (Å²) in [6.07, 6.45) is 2.38. The van der Waals surface area contributed by atoms with Crippen LogP contribution in [0.5, 0.6) is 0 Å². The molecule has 1 heterocycles. The first-order valence-electron chi connectivity index (χ1n) is 5.17. The average Bonchev–Trinajstić information content (AvgIpc) is 2.94. The van der Waals surface area contributed by atoms with Gasteiger partial charge < -0.3 is 9.84 Å². The highest BCUT2D eigenvalue weighted by molar-refractivity contribution is 9.10. The van der Waals surface area contributed by atoms with Crippen molar-refractivity contribution in [3.8, 4) is 11.4 Å². The fourth-order valence-corrected chi connectivity index (χ4v) is 1.83. The predicted octanol–water partition coefficient (Wildman–Crippen LogP) is 3.07. The molecule has 0 amide bonds. The molecule has 5 heteroatoms. The van der Waals surface area contributed by atoms with Crippen molar-refractivity contribution in [1.82, 2.24) is 10.1 Å². The molecule has 1 saturated carbocycles. The molecule has 0 aliphatic heterocycles. The fraction of sp³-hybridized carbons (Fsp3) is 0.273. The van der Waals surface area contributed by atoms with Gasteiger partial charge >= 0.3 is 6.01 Å². The van der Waals surface area contributed by atoms with Crippen LogP contribution in [0.25, 0.3) is 11.4 Å². The minimum absolute atomic E-state index is 0.512. The molecule has 0 atom stereocenters. The summed E-state index contributed by atoms with van der Waals surface area (Å²) >= 11 is 3.41. The second kappa shape index (κ2) is 3.90. The molecule has 0 spiro atoms. The normalized spacial score (nSPS) is 15.1. The maximum Gasteiger partial charge on any atom is 0.322 e. The van der Waals surface area contributed by atoms with Crippen molar-refractivity contribution in [3.63, 3.8) is 0 Å². The van der Waals surface area contributed by atoms with E-state index >= 15 is 0 Å². The van der Waals surface area contributed by atoms with Gasteiger partial charge in [-0.1, -0.05) is 33.2 Å². The summed E-state index contributed by atoms with van der Waals surface area (Å²) in [5, 5.41) is 7.11. The molecule has 1 N–H and O–H groups in total. The lowest BCUT2D eigenvalue weighted by molar-refractivity contribution is 0.432. The van der Waals surface area contributed by atoms with Crippen molar-refractivity contribution in [3.05, 3.63) is 28.7 Å². The van der Waals surface area contributed by atoms with Crippen LogP contribution in [0.1, 0.15) is 12.8 Å². The van der Waals surface area contributed by atoms with Gasteiger partial charge in [-0.3, -0.25) is 0 Å². The van der Waals surface area contributed by atoms with Gasteiger partial charge in [-0.2, -0.15) is 4.98 Å². The monoisotopic (exact) mass is 279 g/mol. The Hall–Kier alpha value is -1.36. The first-order valence-corrected chi connectivity index (χ1v) is 5.97. The Balaban J connectivity index is 1.85. The molecule has 0 saturated heterocycles. The topological polar surface area (TPSA) is 51.0 Å². The number of aromatic nitrogens is 2. The van der Waals surface area contributed by atoms with E-state index in [1.165, 1.54) is 12.8 Å². The summed E-state index contributed by atoms with van der Waals surface area (Å²) in [5.41, 5.74) is 0.946.